The van der Waals surface area contributed by atoms with E-state index in [0.29, 0.717) is 24.0 Å². The van der Waals surface area contributed by atoms with E-state index in [1.807, 2.05) is 54.6 Å². The summed E-state index contributed by atoms with van der Waals surface area (Å²) in [5.41, 5.74) is 3.98. The van der Waals surface area contributed by atoms with Gasteiger partial charge < -0.3 is 14.2 Å². The summed E-state index contributed by atoms with van der Waals surface area (Å²) in [4.78, 5) is 25.8. The molecule has 0 amide bonds. The van der Waals surface area contributed by atoms with Crippen molar-refractivity contribution in [1.29, 1.82) is 0 Å². The predicted octanol–water partition coefficient (Wildman–Crippen LogP) is 16.0. The fourth-order valence-electron chi connectivity index (χ4n) is 12.8. The number of fused-ring (bicyclic) bond motifs is 5. The molecule has 5 nitrogen and oxygen atoms in total. The highest BCUT2D eigenvalue weighted by molar-refractivity contribution is 6.06. The molecule has 0 spiro atoms. The number of hydrogen-bond donors (Lipinski definition) is 0. The molecular weight excluding hydrogens is 777 g/mol. The van der Waals surface area contributed by atoms with Crippen LogP contribution in [0.5, 0.6) is 11.5 Å². The van der Waals surface area contributed by atoms with Crippen LogP contribution >= 0.6 is 0 Å². The number of ether oxygens (including phenoxy) is 3. The van der Waals surface area contributed by atoms with Gasteiger partial charge in [-0.15, -0.1) is 0 Å². The van der Waals surface area contributed by atoms with Gasteiger partial charge in [-0.1, -0.05) is 136 Å². The molecule has 348 valence electrons. The summed E-state index contributed by atoms with van der Waals surface area (Å²) in [6.07, 6.45) is 33.6. The molecule has 5 heteroatoms. The molecule has 0 radical (unpaired) electrons. The molecule has 3 fully saturated rings. The summed E-state index contributed by atoms with van der Waals surface area (Å²) >= 11 is 0. The number of esters is 1. The lowest BCUT2D eigenvalue weighted by atomic mass is 9.47. The van der Waals surface area contributed by atoms with Gasteiger partial charge in [0.05, 0.1) is 13.2 Å². The van der Waals surface area contributed by atoms with Crippen molar-refractivity contribution in [2.75, 3.05) is 13.2 Å². The first-order valence-corrected chi connectivity index (χ1v) is 26.1. The van der Waals surface area contributed by atoms with Gasteiger partial charge in [0.2, 0.25) is 0 Å². The minimum atomic E-state index is -0.0450. The average molecular weight is 863 g/mol. The monoisotopic (exact) mass is 863 g/mol. The Morgan fingerprint density at radius 3 is 2.05 bits per heavy atom. The maximum atomic E-state index is 13.0. The van der Waals surface area contributed by atoms with E-state index in [0.717, 1.165) is 104 Å². The highest BCUT2D eigenvalue weighted by Gasteiger charge is 2.59. The Balaban J connectivity index is 0.833. The summed E-state index contributed by atoms with van der Waals surface area (Å²) < 4.78 is 18.0. The van der Waals surface area contributed by atoms with Gasteiger partial charge in [0.1, 0.15) is 17.6 Å². The Morgan fingerprint density at radius 2 is 1.37 bits per heavy atom. The van der Waals surface area contributed by atoms with E-state index in [9.17, 15) is 9.59 Å². The van der Waals surface area contributed by atoms with Gasteiger partial charge in [-0.05, 0) is 165 Å². The van der Waals surface area contributed by atoms with E-state index in [1.54, 1.807) is 11.6 Å². The number of hydrogen-bond acceptors (Lipinski definition) is 5. The summed E-state index contributed by atoms with van der Waals surface area (Å²) in [5, 5.41) is 0. The number of benzene rings is 2. The standard InChI is InChI=1S/C58H86O5/c1-7-8-9-10-11-12-13-16-40-61-48-28-22-45(23-29-48)24-35-55(59)46-25-30-49(31-26-46)62-41-17-14-15-21-56(60)63-50-36-38-57(5)47(42-50)27-32-51-53-34-33-52(44(4)20-18-19-43(2)3)58(53,6)39-37-54(51)57/h22-31,35,43-44,50-54H,7-21,32-34,36-42H2,1-6H3/b35-24+/t44-,50+,51+,52-,53+,54+,57+,58-/m1/s1. The third kappa shape index (κ3) is 13.6. The summed E-state index contributed by atoms with van der Waals surface area (Å²) in [7, 11) is 0. The van der Waals surface area contributed by atoms with Crippen molar-refractivity contribution >= 4 is 17.8 Å². The number of allylic oxidation sites excluding steroid dienone is 2. The van der Waals surface area contributed by atoms with Crippen LogP contribution in [0.3, 0.4) is 0 Å². The maximum Gasteiger partial charge on any atom is 0.306 e. The lowest BCUT2D eigenvalue weighted by Gasteiger charge is -2.58. The van der Waals surface area contributed by atoms with Crippen molar-refractivity contribution in [1.82, 2.24) is 0 Å². The molecule has 2 aromatic rings. The second kappa shape index (κ2) is 24.3. The molecule has 0 aliphatic heterocycles. The van der Waals surface area contributed by atoms with E-state index in [1.165, 1.54) is 96.3 Å². The molecule has 0 bridgehead atoms. The second-order valence-corrected chi connectivity index (χ2v) is 21.4. The highest BCUT2D eigenvalue weighted by atomic mass is 16.5. The lowest BCUT2D eigenvalue weighted by molar-refractivity contribution is -0.151. The number of carbonyl (C=O) groups is 2. The van der Waals surface area contributed by atoms with Crippen molar-refractivity contribution in [3.63, 3.8) is 0 Å². The fourth-order valence-corrected chi connectivity index (χ4v) is 12.8. The Labute approximate surface area is 384 Å². The van der Waals surface area contributed by atoms with Gasteiger partial charge in [-0.3, -0.25) is 9.59 Å². The van der Waals surface area contributed by atoms with E-state index < -0.39 is 0 Å². The van der Waals surface area contributed by atoms with Gasteiger partial charge in [0, 0.05) is 18.4 Å². The molecule has 4 aliphatic carbocycles. The van der Waals surface area contributed by atoms with E-state index in [-0.39, 0.29) is 23.3 Å². The summed E-state index contributed by atoms with van der Waals surface area (Å²) in [6.45, 7) is 16.2. The summed E-state index contributed by atoms with van der Waals surface area (Å²) in [5.74, 6) is 6.59. The fraction of sp³-hybridized carbons (Fsp3) is 0.690. The van der Waals surface area contributed by atoms with Crippen LogP contribution in [0.15, 0.2) is 66.3 Å². The Hall–Kier alpha value is -3.34. The molecular formula is C58H86O5. The molecule has 0 saturated heterocycles. The van der Waals surface area contributed by atoms with Crippen molar-refractivity contribution < 1.29 is 23.8 Å². The molecule has 0 N–H and O–H groups in total. The van der Waals surface area contributed by atoms with E-state index in [2.05, 4.69) is 47.6 Å². The average Bonchev–Trinajstić information content (AvgIpc) is 3.64. The van der Waals surface area contributed by atoms with Gasteiger partial charge in [-0.2, -0.15) is 0 Å². The minimum Gasteiger partial charge on any atom is -0.494 e. The van der Waals surface area contributed by atoms with Crippen LogP contribution in [0.1, 0.15) is 205 Å². The van der Waals surface area contributed by atoms with Crippen LogP contribution in [0.25, 0.3) is 6.08 Å². The van der Waals surface area contributed by atoms with Crippen LogP contribution in [0, 0.1) is 46.3 Å². The number of rotatable bonds is 26. The molecule has 8 atom stereocenters. The molecule has 0 unspecified atom stereocenters. The third-order valence-electron chi connectivity index (χ3n) is 16.6. The first-order chi connectivity index (χ1) is 30.5. The second-order valence-electron chi connectivity index (χ2n) is 21.4. The van der Waals surface area contributed by atoms with Gasteiger partial charge in [0.25, 0.3) is 0 Å². The Bertz CT molecular complexity index is 1760. The first-order valence-electron chi connectivity index (χ1n) is 26.1. The molecule has 63 heavy (non-hydrogen) atoms. The van der Waals surface area contributed by atoms with Crippen molar-refractivity contribution in [2.24, 2.45) is 46.3 Å². The number of ketones is 1. The first kappa shape index (κ1) is 49.1. The van der Waals surface area contributed by atoms with Gasteiger partial charge >= 0.3 is 5.97 Å². The summed E-state index contributed by atoms with van der Waals surface area (Å²) in [6, 6.07) is 15.3. The molecule has 2 aromatic carbocycles. The smallest absolute Gasteiger partial charge is 0.306 e. The highest BCUT2D eigenvalue weighted by Crippen LogP contribution is 2.67. The SMILES string of the molecule is CCCCCCCCCCOc1ccc(/C=C/C(=O)c2ccc(OCCCCCC(=O)O[C@H]3CC[C@@]4(C)C(=CC[C@H]5[C@@H]6CC[C@H]([C@H](C)CCCC(C)C)[C@@]6(C)CC[C@@H]54)C3)cc2)cc1. The van der Waals surface area contributed by atoms with Crippen molar-refractivity contribution in [3.8, 4) is 11.5 Å². The Morgan fingerprint density at radius 1 is 0.714 bits per heavy atom. The Kier molecular flexibility index (Phi) is 18.9. The minimum absolute atomic E-state index is 0.0270. The van der Waals surface area contributed by atoms with Gasteiger partial charge in [-0.25, -0.2) is 0 Å². The van der Waals surface area contributed by atoms with Crippen LogP contribution in [0.2, 0.25) is 0 Å². The number of carbonyl (C=O) groups excluding carboxylic acids is 2. The normalized spacial score (nSPS) is 27.0. The molecule has 4 aliphatic rings. The van der Waals surface area contributed by atoms with Crippen LogP contribution < -0.4 is 9.47 Å². The molecule has 0 aromatic heterocycles. The van der Waals surface area contributed by atoms with Crippen LogP contribution in [-0.2, 0) is 9.53 Å². The van der Waals surface area contributed by atoms with Crippen LogP contribution in [0.4, 0.5) is 0 Å². The van der Waals surface area contributed by atoms with Gasteiger partial charge in [0.15, 0.2) is 5.78 Å². The zero-order valence-electron chi connectivity index (χ0n) is 40.6. The molecule has 3 saturated carbocycles. The predicted molar refractivity (Wildman–Crippen MR) is 261 cm³/mol. The van der Waals surface area contributed by atoms with Crippen molar-refractivity contribution in [2.45, 2.75) is 195 Å². The zero-order chi connectivity index (χ0) is 44.7. The largest absolute Gasteiger partial charge is 0.494 e. The third-order valence-corrected chi connectivity index (χ3v) is 16.6. The zero-order valence-corrected chi connectivity index (χ0v) is 40.6. The number of unbranched alkanes of at least 4 members (excludes halogenated alkanes) is 9. The molecule has 0 heterocycles. The molecule has 6 rings (SSSR count). The quantitative estimate of drug-likeness (QED) is 0.0310. The van der Waals surface area contributed by atoms with Crippen molar-refractivity contribution in [3.05, 3.63) is 77.4 Å². The topological polar surface area (TPSA) is 61.8 Å². The lowest BCUT2D eigenvalue weighted by Crippen LogP contribution is -2.51. The van der Waals surface area contributed by atoms with E-state index >= 15 is 0 Å². The van der Waals surface area contributed by atoms with Crippen LogP contribution in [-0.4, -0.2) is 31.1 Å². The maximum absolute atomic E-state index is 13.0. The van der Waals surface area contributed by atoms with E-state index in [4.69, 9.17) is 14.2 Å².